The summed E-state index contributed by atoms with van der Waals surface area (Å²) in [5, 5.41) is 14.8. The van der Waals surface area contributed by atoms with Gasteiger partial charge in [0.2, 0.25) is 5.91 Å². The van der Waals surface area contributed by atoms with E-state index < -0.39 is 0 Å². The molecule has 1 aromatic heterocycles. The van der Waals surface area contributed by atoms with E-state index in [-0.39, 0.29) is 24.1 Å². The summed E-state index contributed by atoms with van der Waals surface area (Å²) < 4.78 is 2.85. The third-order valence-corrected chi connectivity index (χ3v) is 5.86. The molecular weight excluding hydrogens is 466 g/mol. The summed E-state index contributed by atoms with van der Waals surface area (Å²) in [6.45, 7) is 4.78. The molecule has 7 nitrogen and oxygen atoms in total. The maximum Gasteiger partial charge on any atom is 0.251 e. The molecule has 0 fully saturated rings. The van der Waals surface area contributed by atoms with Crippen LogP contribution in [0.4, 0.5) is 5.69 Å². The van der Waals surface area contributed by atoms with Crippen molar-refractivity contribution in [2.45, 2.75) is 32.1 Å². The number of aromatic nitrogens is 3. The highest BCUT2D eigenvalue weighted by atomic mass is 79.9. The summed E-state index contributed by atoms with van der Waals surface area (Å²) in [6, 6.07) is 14.8. The molecule has 0 bridgehead atoms. The van der Waals surface area contributed by atoms with E-state index in [4.69, 9.17) is 0 Å². The van der Waals surface area contributed by atoms with Crippen LogP contribution in [0.1, 0.15) is 28.7 Å². The van der Waals surface area contributed by atoms with Crippen LogP contribution in [-0.2, 0) is 17.9 Å². The van der Waals surface area contributed by atoms with E-state index in [0.717, 1.165) is 15.7 Å². The maximum atomic E-state index is 12.4. The Morgan fingerprint density at radius 3 is 2.53 bits per heavy atom. The predicted octanol–water partition coefficient (Wildman–Crippen LogP) is 4.03. The number of halogens is 1. The predicted molar refractivity (Wildman–Crippen MR) is 122 cm³/mol. The number of nitrogens with zero attached hydrogens (tertiary/aromatic N) is 3. The fourth-order valence-electron chi connectivity index (χ4n) is 2.82. The fraction of sp³-hybridized carbons (Fsp3) is 0.238. The first-order chi connectivity index (χ1) is 14.5. The number of thioether (sulfide) groups is 1. The molecule has 0 unspecified atom stereocenters. The number of carbonyl (C=O) groups is 2. The molecule has 1 heterocycles. The molecule has 0 saturated heterocycles. The zero-order valence-electron chi connectivity index (χ0n) is 16.7. The van der Waals surface area contributed by atoms with Crippen molar-refractivity contribution in [1.29, 1.82) is 0 Å². The Labute approximate surface area is 187 Å². The largest absolute Gasteiger partial charge is 0.345 e. The van der Waals surface area contributed by atoms with Gasteiger partial charge in [0.05, 0.1) is 12.3 Å². The second-order valence-electron chi connectivity index (χ2n) is 6.48. The van der Waals surface area contributed by atoms with Crippen LogP contribution in [0.25, 0.3) is 0 Å². The molecule has 2 aromatic carbocycles. The van der Waals surface area contributed by atoms with Crippen molar-refractivity contribution in [1.82, 2.24) is 20.1 Å². The molecule has 9 heteroatoms. The van der Waals surface area contributed by atoms with Crippen molar-refractivity contribution in [2.24, 2.45) is 0 Å². The molecule has 0 radical (unpaired) electrons. The van der Waals surface area contributed by atoms with Gasteiger partial charge in [-0.25, -0.2) is 0 Å². The average molecular weight is 488 g/mol. The molecule has 0 aliphatic carbocycles. The highest BCUT2D eigenvalue weighted by Crippen LogP contribution is 2.19. The number of amides is 2. The number of hydrogen-bond donors (Lipinski definition) is 2. The van der Waals surface area contributed by atoms with Gasteiger partial charge in [-0.15, -0.1) is 10.2 Å². The van der Waals surface area contributed by atoms with Crippen LogP contribution < -0.4 is 10.6 Å². The quantitative estimate of drug-likeness (QED) is 0.468. The zero-order chi connectivity index (χ0) is 21.5. The van der Waals surface area contributed by atoms with Crippen molar-refractivity contribution >= 4 is 45.2 Å². The molecule has 156 valence electrons. The summed E-state index contributed by atoms with van der Waals surface area (Å²) in [6.07, 6.45) is 0. The topological polar surface area (TPSA) is 88.9 Å². The minimum Gasteiger partial charge on any atom is -0.345 e. The Kier molecular flexibility index (Phi) is 7.64. The van der Waals surface area contributed by atoms with Crippen LogP contribution in [0.2, 0.25) is 0 Å². The van der Waals surface area contributed by atoms with Gasteiger partial charge in [-0.3, -0.25) is 9.59 Å². The van der Waals surface area contributed by atoms with Crippen LogP contribution >= 0.6 is 27.7 Å². The van der Waals surface area contributed by atoms with E-state index in [1.807, 2.05) is 60.9 Å². The fourth-order valence-corrected chi connectivity index (χ4v) is 3.90. The van der Waals surface area contributed by atoms with Crippen molar-refractivity contribution in [3.05, 3.63) is 70.0 Å². The Bertz CT molecular complexity index is 1040. The Morgan fingerprint density at radius 1 is 1.10 bits per heavy atom. The molecule has 0 saturated carbocycles. The highest BCUT2D eigenvalue weighted by Gasteiger charge is 2.15. The molecule has 3 aromatic rings. The zero-order valence-corrected chi connectivity index (χ0v) is 19.1. The molecule has 0 spiro atoms. The van der Waals surface area contributed by atoms with Crippen LogP contribution in [0.3, 0.4) is 0 Å². The summed E-state index contributed by atoms with van der Waals surface area (Å²) in [4.78, 5) is 24.6. The first kappa shape index (κ1) is 22.0. The number of benzene rings is 2. The smallest absolute Gasteiger partial charge is 0.251 e. The van der Waals surface area contributed by atoms with Gasteiger partial charge in [-0.05, 0) is 49.7 Å². The second kappa shape index (κ2) is 10.4. The van der Waals surface area contributed by atoms with Gasteiger partial charge in [0.15, 0.2) is 11.0 Å². The van der Waals surface area contributed by atoms with E-state index in [0.29, 0.717) is 23.1 Å². The molecule has 30 heavy (non-hydrogen) atoms. The first-order valence-corrected chi connectivity index (χ1v) is 11.2. The Hall–Kier alpha value is -2.65. The lowest BCUT2D eigenvalue weighted by Gasteiger charge is -2.10. The van der Waals surface area contributed by atoms with Gasteiger partial charge in [0, 0.05) is 22.3 Å². The van der Waals surface area contributed by atoms with Crippen LogP contribution in [0.15, 0.2) is 58.2 Å². The normalized spacial score (nSPS) is 10.6. The summed E-state index contributed by atoms with van der Waals surface area (Å²) in [7, 11) is 0. The second-order valence-corrected chi connectivity index (χ2v) is 8.34. The minimum absolute atomic E-state index is 0.123. The molecule has 0 atom stereocenters. The van der Waals surface area contributed by atoms with Gasteiger partial charge >= 0.3 is 0 Å². The maximum absolute atomic E-state index is 12.4. The number of rotatable bonds is 8. The van der Waals surface area contributed by atoms with E-state index >= 15 is 0 Å². The highest BCUT2D eigenvalue weighted by molar-refractivity contribution is 9.10. The number of anilines is 1. The van der Waals surface area contributed by atoms with Crippen LogP contribution in [0.5, 0.6) is 0 Å². The summed E-state index contributed by atoms with van der Waals surface area (Å²) in [5.74, 6) is 0.587. The van der Waals surface area contributed by atoms with Crippen molar-refractivity contribution in [3.8, 4) is 0 Å². The molecule has 0 aliphatic heterocycles. The number of carbonyl (C=O) groups excluding carboxylic acids is 2. The van der Waals surface area contributed by atoms with Gasteiger partial charge in [-0.1, -0.05) is 45.9 Å². The van der Waals surface area contributed by atoms with Gasteiger partial charge in [-0.2, -0.15) is 0 Å². The third kappa shape index (κ3) is 5.70. The number of hydrogen-bond acceptors (Lipinski definition) is 5. The number of nitrogens with one attached hydrogen (secondary N) is 2. The number of aryl methyl sites for hydroxylation is 1. The van der Waals surface area contributed by atoms with Gasteiger partial charge in [0.25, 0.3) is 5.91 Å². The van der Waals surface area contributed by atoms with Gasteiger partial charge in [0.1, 0.15) is 0 Å². The molecule has 3 rings (SSSR count). The average Bonchev–Trinajstić information content (AvgIpc) is 3.14. The van der Waals surface area contributed by atoms with Crippen LogP contribution in [-0.4, -0.2) is 32.3 Å². The van der Waals surface area contributed by atoms with Crippen molar-refractivity contribution in [2.75, 3.05) is 11.1 Å². The lowest BCUT2D eigenvalue weighted by atomic mass is 10.1. The molecule has 0 aliphatic rings. The summed E-state index contributed by atoms with van der Waals surface area (Å²) in [5.41, 5.74) is 2.29. The van der Waals surface area contributed by atoms with Crippen molar-refractivity contribution < 1.29 is 9.59 Å². The lowest BCUT2D eigenvalue weighted by Crippen LogP contribution is -2.25. The molecular formula is C21H22BrN5O2S. The molecule has 2 N–H and O–H groups in total. The third-order valence-electron chi connectivity index (χ3n) is 4.37. The van der Waals surface area contributed by atoms with E-state index in [2.05, 4.69) is 36.8 Å². The Morgan fingerprint density at radius 2 is 1.83 bits per heavy atom. The first-order valence-electron chi connectivity index (χ1n) is 9.42. The van der Waals surface area contributed by atoms with Crippen LogP contribution in [0, 0.1) is 6.92 Å². The molecule has 2 amide bonds. The van der Waals surface area contributed by atoms with E-state index in [1.165, 1.54) is 11.8 Å². The monoisotopic (exact) mass is 487 g/mol. The van der Waals surface area contributed by atoms with Gasteiger partial charge < -0.3 is 15.2 Å². The lowest BCUT2D eigenvalue weighted by molar-refractivity contribution is -0.113. The van der Waals surface area contributed by atoms with E-state index in [1.54, 1.807) is 6.07 Å². The van der Waals surface area contributed by atoms with E-state index in [9.17, 15) is 9.59 Å². The van der Waals surface area contributed by atoms with Crippen molar-refractivity contribution in [3.63, 3.8) is 0 Å². The standard InChI is InChI=1S/C21H22BrN5O2S/c1-3-27-18(12-23-20(29)17-7-5-4-6-14(17)2)25-26-21(27)30-13-19(28)24-16-10-8-15(22)9-11-16/h4-11H,3,12-13H2,1-2H3,(H,23,29)(H,24,28). The summed E-state index contributed by atoms with van der Waals surface area (Å²) >= 11 is 4.68. The minimum atomic E-state index is -0.151. The Balaban J connectivity index is 1.57. The SMILES string of the molecule is CCn1c(CNC(=O)c2ccccc2C)nnc1SCC(=O)Nc1ccc(Br)cc1.